The molecule has 0 spiro atoms. The highest BCUT2D eigenvalue weighted by atomic mass is 16.5. The van der Waals surface area contributed by atoms with Crippen LogP contribution < -0.4 is 26.0 Å². The smallest absolute Gasteiger partial charge is 0.255 e. The Morgan fingerprint density at radius 2 is 1.39 bits per heavy atom. The summed E-state index contributed by atoms with van der Waals surface area (Å²) in [5.74, 6) is -0.851. The molecule has 4 rings (SSSR count). The molecule has 9 nitrogen and oxygen atoms in total. The highest BCUT2D eigenvalue weighted by Gasteiger charge is 2.20. The van der Waals surface area contributed by atoms with E-state index < -0.39 is 17.7 Å². The lowest BCUT2D eigenvalue weighted by Gasteiger charge is -2.26. The monoisotopic (exact) mass is 486 g/mol. The van der Waals surface area contributed by atoms with Crippen molar-refractivity contribution < 1.29 is 23.9 Å². The summed E-state index contributed by atoms with van der Waals surface area (Å²) >= 11 is 0. The Kier molecular flexibility index (Phi) is 7.29. The average Bonchev–Trinajstić information content (AvgIpc) is 2.90. The van der Waals surface area contributed by atoms with Gasteiger partial charge in [0.1, 0.15) is 5.75 Å². The number of ether oxygens (including phenoxy) is 1. The van der Waals surface area contributed by atoms with E-state index in [4.69, 9.17) is 10.5 Å². The zero-order valence-corrected chi connectivity index (χ0v) is 19.7. The fourth-order valence-corrected chi connectivity index (χ4v) is 3.91. The Hall–Kier alpha value is -4.66. The molecule has 1 fully saturated rings. The largest absolute Gasteiger partial charge is 0.497 e. The van der Waals surface area contributed by atoms with Crippen molar-refractivity contribution in [2.24, 2.45) is 5.73 Å². The average molecular weight is 487 g/mol. The molecule has 0 aromatic heterocycles. The highest BCUT2D eigenvalue weighted by molar-refractivity contribution is 6.11. The summed E-state index contributed by atoms with van der Waals surface area (Å²) in [6.07, 6.45) is 2.36. The third-order valence-corrected chi connectivity index (χ3v) is 5.92. The molecule has 0 bridgehead atoms. The van der Waals surface area contributed by atoms with Crippen LogP contribution in [0, 0.1) is 0 Å². The molecule has 0 saturated carbocycles. The number of anilines is 3. The lowest BCUT2D eigenvalue weighted by Crippen LogP contribution is -2.35. The number of methoxy groups -OCH3 is 1. The van der Waals surface area contributed by atoms with Gasteiger partial charge in [-0.1, -0.05) is 0 Å². The zero-order valence-electron chi connectivity index (χ0n) is 19.7. The van der Waals surface area contributed by atoms with Gasteiger partial charge in [0.2, 0.25) is 11.8 Å². The molecule has 3 aromatic rings. The number of hydrogen-bond donors (Lipinski definition) is 3. The molecular formula is C27H26N4O5. The lowest BCUT2D eigenvalue weighted by molar-refractivity contribution is -0.119. The summed E-state index contributed by atoms with van der Waals surface area (Å²) in [4.78, 5) is 51.3. The van der Waals surface area contributed by atoms with E-state index in [-0.39, 0.29) is 17.2 Å². The fourth-order valence-electron chi connectivity index (χ4n) is 3.91. The molecule has 1 aliphatic rings. The predicted molar refractivity (Wildman–Crippen MR) is 137 cm³/mol. The number of primary amides is 1. The van der Waals surface area contributed by atoms with Gasteiger partial charge in [0, 0.05) is 35.3 Å². The van der Waals surface area contributed by atoms with Crippen molar-refractivity contribution in [3.05, 3.63) is 83.4 Å². The Balaban J connectivity index is 1.53. The van der Waals surface area contributed by atoms with Gasteiger partial charge in [0.05, 0.1) is 18.5 Å². The van der Waals surface area contributed by atoms with Crippen molar-refractivity contribution in [3.63, 3.8) is 0 Å². The van der Waals surface area contributed by atoms with Crippen LogP contribution in [0.15, 0.2) is 66.7 Å². The molecule has 4 N–H and O–H groups in total. The first-order chi connectivity index (χ1) is 17.4. The van der Waals surface area contributed by atoms with Gasteiger partial charge in [0.25, 0.3) is 11.8 Å². The molecule has 36 heavy (non-hydrogen) atoms. The Morgan fingerprint density at radius 1 is 0.806 bits per heavy atom. The van der Waals surface area contributed by atoms with Crippen LogP contribution in [0.1, 0.15) is 50.3 Å². The summed E-state index contributed by atoms with van der Waals surface area (Å²) < 4.78 is 5.11. The van der Waals surface area contributed by atoms with Crippen LogP contribution in [0.2, 0.25) is 0 Å². The van der Waals surface area contributed by atoms with Crippen LogP contribution in [-0.2, 0) is 4.79 Å². The number of rotatable bonds is 7. The molecule has 0 atom stereocenters. The molecule has 0 radical (unpaired) electrons. The van der Waals surface area contributed by atoms with Crippen LogP contribution >= 0.6 is 0 Å². The van der Waals surface area contributed by atoms with Crippen molar-refractivity contribution in [1.29, 1.82) is 0 Å². The molecule has 1 aliphatic heterocycles. The maximum atomic E-state index is 13.0. The van der Waals surface area contributed by atoms with Gasteiger partial charge >= 0.3 is 0 Å². The Labute approximate surface area is 208 Å². The van der Waals surface area contributed by atoms with Crippen LogP contribution in [0.5, 0.6) is 5.75 Å². The van der Waals surface area contributed by atoms with Gasteiger partial charge < -0.3 is 26.0 Å². The number of nitrogens with two attached hydrogens (primary N) is 1. The van der Waals surface area contributed by atoms with Crippen molar-refractivity contribution in [3.8, 4) is 5.75 Å². The first-order valence-corrected chi connectivity index (χ1v) is 11.5. The molecule has 3 aromatic carbocycles. The van der Waals surface area contributed by atoms with E-state index in [1.165, 1.54) is 25.3 Å². The standard InChI is InChI=1S/C27H26N4O5/c1-36-21-12-7-18(8-13-21)27(35)30-23-16-19(25(28)33)9-14-22(23)29-26(34)17-5-10-20(11-6-17)31-15-3-2-4-24(31)32/h5-14,16H,2-4,15H2,1H3,(H2,28,33)(H,29,34)(H,30,35). The third kappa shape index (κ3) is 5.52. The first kappa shape index (κ1) is 24.5. The molecule has 184 valence electrons. The van der Waals surface area contributed by atoms with Crippen molar-refractivity contribution >= 4 is 40.7 Å². The molecule has 9 heteroatoms. The minimum Gasteiger partial charge on any atom is -0.497 e. The first-order valence-electron chi connectivity index (χ1n) is 11.5. The van der Waals surface area contributed by atoms with Crippen molar-refractivity contribution in [1.82, 2.24) is 0 Å². The van der Waals surface area contributed by atoms with E-state index in [0.717, 1.165) is 18.5 Å². The number of amides is 4. The number of piperidine rings is 1. The third-order valence-electron chi connectivity index (χ3n) is 5.92. The normalized spacial score (nSPS) is 13.1. The van der Waals surface area contributed by atoms with E-state index in [1.54, 1.807) is 53.4 Å². The van der Waals surface area contributed by atoms with Crippen LogP contribution in [0.3, 0.4) is 0 Å². The Morgan fingerprint density at radius 3 is 1.97 bits per heavy atom. The van der Waals surface area contributed by atoms with Crippen molar-refractivity contribution in [2.75, 3.05) is 29.2 Å². The quantitative estimate of drug-likeness (QED) is 0.467. The van der Waals surface area contributed by atoms with Crippen LogP contribution in [0.4, 0.5) is 17.1 Å². The number of nitrogens with one attached hydrogen (secondary N) is 2. The summed E-state index contributed by atoms with van der Waals surface area (Å²) in [7, 11) is 1.53. The van der Waals surface area contributed by atoms with Crippen LogP contribution in [0.25, 0.3) is 0 Å². The fraction of sp³-hybridized carbons (Fsp3) is 0.185. The van der Waals surface area contributed by atoms with Gasteiger partial charge in [0.15, 0.2) is 0 Å². The number of carbonyl (C=O) groups excluding carboxylic acids is 4. The van der Waals surface area contributed by atoms with Gasteiger partial charge in [-0.15, -0.1) is 0 Å². The van der Waals surface area contributed by atoms with Crippen molar-refractivity contribution in [2.45, 2.75) is 19.3 Å². The number of hydrogen-bond acceptors (Lipinski definition) is 5. The maximum absolute atomic E-state index is 13.0. The van der Waals surface area contributed by atoms with E-state index in [2.05, 4.69) is 10.6 Å². The van der Waals surface area contributed by atoms with Gasteiger partial charge in [-0.3, -0.25) is 19.2 Å². The number of benzene rings is 3. The molecule has 0 unspecified atom stereocenters. The minimum absolute atomic E-state index is 0.0743. The molecule has 0 aliphatic carbocycles. The van der Waals surface area contributed by atoms with E-state index in [1.807, 2.05) is 0 Å². The second-order valence-corrected chi connectivity index (χ2v) is 8.31. The molecule has 4 amide bonds. The summed E-state index contributed by atoms with van der Waals surface area (Å²) in [5, 5.41) is 5.50. The second-order valence-electron chi connectivity index (χ2n) is 8.31. The van der Waals surface area contributed by atoms with E-state index >= 15 is 0 Å². The summed E-state index contributed by atoms with van der Waals surface area (Å²) in [5.41, 5.74) is 7.57. The Bertz CT molecular complexity index is 1300. The molecule has 1 heterocycles. The van der Waals surface area contributed by atoms with E-state index in [9.17, 15) is 19.2 Å². The summed E-state index contributed by atoms with van der Waals surface area (Å²) in [6.45, 7) is 0.661. The second kappa shape index (κ2) is 10.7. The number of carbonyl (C=O) groups is 4. The number of nitrogens with zero attached hydrogens (tertiary/aromatic N) is 1. The van der Waals surface area contributed by atoms with E-state index in [0.29, 0.717) is 35.5 Å². The summed E-state index contributed by atoms with van der Waals surface area (Å²) in [6, 6.07) is 17.6. The lowest BCUT2D eigenvalue weighted by atomic mass is 10.1. The molecule has 1 saturated heterocycles. The highest BCUT2D eigenvalue weighted by Crippen LogP contribution is 2.26. The zero-order chi connectivity index (χ0) is 25.7. The predicted octanol–water partition coefficient (Wildman–Crippen LogP) is 3.82. The van der Waals surface area contributed by atoms with Gasteiger partial charge in [-0.25, -0.2) is 0 Å². The topological polar surface area (TPSA) is 131 Å². The van der Waals surface area contributed by atoms with Crippen LogP contribution in [-0.4, -0.2) is 37.3 Å². The molecular weight excluding hydrogens is 460 g/mol. The van der Waals surface area contributed by atoms with Gasteiger partial charge in [-0.2, -0.15) is 0 Å². The minimum atomic E-state index is -0.671. The maximum Gasteiger partial charge on any atom is 0.255 e. The van der Waals surface area contributed by atoms with Gasteiger partial charge in [-0.05, 0) is 79.6 Å². The SMILES string of the molecule is COc1ccc(C(=O)Nc2cc(C(N)=O)ccc2NC(=O)c2ccc(N3CCCCC3=O)cc2)cc1.